The molecule has 2 saturated heterocycles. The van der Waals surface area contributed by atoms with Gasteiger partial charge in [-0.2, -0.15) is 10.5 Å². The molecule has 4 aromatic carbocycles. The van der Waals surface area contributed by atoms with E-state index in [1.54, 1.807) is 70.7 Å². The number of fused-ring (bicyclic) bond motifs is 2. The summed E-state index contributed by atoms with van der Waals surface area (Å²) in [6, 6.07) is 37.6. The van der Waals surface area contributed by atoms with Crippen molar-refractivity contribution >= 4 is 34.8 Å². The van der Waals surface area contributed by atoms with Crippen LogP contribution in [-0.2, 0) is 6.42 Å². The Hall–Kier alpha value is -8.18. The van der Waals surface area contributed by atoms with Crippen LogP contribution in [0.4, 0.5) is 23.0 Å². The average molecular weight is 979 g/mol. The first-order valence-corrected chi connectivity index (χ1v) is 25.0. The highest BCUT2D eigenvalue weighted by Gasteiger charge is 2.33. The van der Waals surface area contributed by atoms with E-state index in [9.17, 15) is 20.1 Å². The van der Waals surface area contributed by atoms with Gasteiger partial charge in [0.25, 0.3) is 11.8 Å². The molecule has 16 heteroatoms. The van der Waals surface area contributed by atoms with Gasteiger partial charge in [-0.3, -0.25) is 29.2 Å². The molecular formula is C57H58N10O6. The summed E-state index contributed by atoms with van der Waals surface area (Å²) in [6.45, 7) is 13.3. The van der Waals surface area contributed by atoms with Crippen LogP contribution in [0.25, 0.3) is 0 Å². The van der Waals surface area contributed by atoms with E-state index in [0.29, 0.717) is 79.8 Å². The summed E-state index contributed by atoms with van der Waals surface area (Å²) in [7, 11) is 0. The number of nitrogens with zero attached hydrogens (tertiary/aromatic N) is 10. The van der Waals surface area contributed by atoms with Gasteiger partial charge in [-0.15, -0.1) is 0 Å². The summed E-state index contributed by atoms with van der Waals surface area (Å²) < 4.78 is 25.7. The second-order valence-electron chi connectivity index (χ2n) is 18.7. The highest BCUT2D eigenvalue weighted by Crippen LogP contribution is 2.47. The smallest absolute Gasteiger partial charge is 0.259 e. The zero-order valence-electron chi connectivity index (χ0n) is 41.2. The Labute approximate surface area is 426 Å². The van der Waals surface area contributed by atoms with Crippen LogP contribution in [0.15, 0.2) is 122 Å². The molecule has 10 rings (SSSR count). The highest BCUT2D eigenvalue weighted by molar-refractivity contribution is 6.06. The van der Waals surface area contributed by atoms with Crippen molar-refractivity contribution in [2.45, 2.75) is 32.4 Å². The van der Waals surface area contributed by atoms with Crippen LogP contribution < -0.4 is 38.5 Å². The van der Waals surface area contributed by atoms with Gasteiger partial charge >= 0.3 is 0 Å². The molecule has 73 heavy (non-hydrogen) atoms. The molecule has 2 atom stereocenters. The van der Waals surface area contributed by atoms with E-state index in [0.717, 1.165) is 97.9 Å². The minimum atomic E-state index is -0.159. The molecule has 6 aromatic rings. The van der Waals surface area contributed by atoms with Crippen LogP contribution in [0.3, 0.4) is 0 Å². The summed E-state index contributed by atoms with van der Waals surface area (Å²) in [4.78, 5) is 49.9. The number of anilines is 4. The maximum Gasteiger partial charge on any atom is 0.259 e. The zero-order valence-corrected chi connectivity index (χ0v) is 41.2. The van der Waals surface area contributed by atoms with E-state index in [1.807, 2.05) is 36.4 Å². The Morgan fingerprint density at radius 3 is 1.26 bits per heavy atom. The Morgan fingerprint density at radius 2 is 0.904 bits per heavy atom. The van der Waals surface area contributed by atoms with Gasteiger partial charge in [0.2, 0.25) is 0 Å². The first kappa shape index (κ1) is 48.4. The number of nitriles is 2. The number of carbonyl (C=O) groups is 2. The Morgan fingerprint density at radius 1 is 0.521 bits per heavy atom. The lowest BCUT2D eigenvalue weighted by atomic mass is 9.99. The van der Waals surface area contributed by atoms with Crippen molar-refractivity contribution in [3.05, 3.63) is 155 Å². The summed E-state index contributed by atoms with van der Waals surface area (Å²) in [5.74, 6) is 3.89. The minimum Gasteiger partial charge on any atom is -0.486 e. The SMILES string of the molecule is C[C@H](CN(C(=O)c1ccc(C#N)cc1)c1ccccn1)N1CCN(c2ccc(Cc3ccc(N4CCN([C@H](C)CN(C(=O)c5ccc(C#N)cc5)c5ccccn5)CC4)c4c3OCCO4)c3c2OCCO3)CC1. The largest absolute Gasteiger partial charge is 0.486 e. The molecular weight excluding hydrogens is 921 g/mol. The van der Waals surface area contributed by atoms with E-state index >= 15 is 0 Å². The number of piperazine rings is 2. The van der Waals surface area contributed by atoms with Crippen LogP contribution in [-0.4, -0.2) is 136 Å². The molecule has 0 unspecified atom stereocenters. The number of hydrogen-bond donors (Lipinski definition) is 0. The number of aromatic nitrogens is 2. The van der Waals surface area contributed by atoms with Gasteiger partial charge in [-0.1, -0.05) is 24.3 Å². The summed E-state index contributed by atoms with van der Waals surface area (Å²) in [5.41, 5.74) is 6.05. The molecule has 0 saturated carbocycles. The molecule has 4 aliphatic rings. The van der Waals surface area contributed by atoms with E-state index in [-0.39, 0.29) is 23.9 Å². The molecule has 372 valence electrons. The van der Waals surface area contributed by atoms with E-state index < -0.39 is 0 Å². The van der Waals surface area contributed by atoms with Crippen molar-refractivity contribution in [2.75, 3.05) is 111 Å². The fraction of sp³-hybridized carbons (Fsp3) is 0.333. The number of rotatable bonds is 14. The second-order valence-corrected chi connectivity index (χ2v) is 18.7. The van der Waals surface area contributed by atoms with Crippen LogP contribution in [0.2, 0.25) is 0 Å². The maximum atomic E-state index is 13.9. The molecule has 4 aliphatic heterocycles. The Balaban J connectivity index is 0.791. The molecule has 16 nitrogen and oxygen atoms in total. The van der Waals surface area contributed by atoms with E-state index in [4.69, 9.17) is 18.9 Å². The summed E-state index contributed by atoms with van der Waals surface area (Å²) >= 11 is 0. The van der Waals surface area contributed by atoms with Crippen LogP contribution in [0.1, 0.15) is 56.8 Å². The topological polar surface area (TPSA) is 164 Å². The standard InChI is InChI=1S/C57H58N10O6/c1-40(38-66(50-7-3-5-21-60-50)56(68)44-13-9-42(36-58)10-14-44)62-23-27-64(28-24-62)48-19-17-46(52-54(48)72-33-31-70-52)35-47-18-20-49(55-53(47)71-32-34-73-55)65-29-25-63(26-30-65)41(2)39-67(51-8-4-6-22-61-51)57(69)45-15-11-43(37-59)12-16-45/h3-22,40-41H,23-35,38-39H2,1-2H3/t40-,41-/m1/s1. The first-order valence-electron chi connectivity index (χ1n) is 25.0. The number of ether oxygens (including phenoxy) is 4. The molecule has 0 aliphatic carbocycles. The molecule has 0 N–H and O–H groups in total. The van der Waals surface area contributed by atoms with Gasteiger partial charge in [-0.25, -0.2) is 9.97 Å². The van der Waals surface area contributed by atoms with Gasteiger partial charge in [0.1, 0.15) is 38.1 Å². The lowest BCUT2D eigenvalue weighted by Crippen LogP contribution is -2.53. The fourth-order valence-corrected chi connectivity index (χ4v) is 10.2. The molecule has 6 heterocycles. The summed E-state index contributed by atoms with van der Waals surface area (Å²) in [6.07, 6.45) is 3.96. The zero-order chi connectivity index (χ0) is 50.3. The number of carbonyl (C=O) groups excluding carboxylic acids is 2. The van der Waals surface area contributed by atoms with E-state index in [2.05, 4.69) is 79.8 Å². The monoisotopic (exact) mass is 978 g/mol. The predicted octanol–water partition coefficient (Wildman–Crippen LogP) is 7.07. The Bertz CT molecular complexity index is 2780. The minimum absolute atomic E-state index is 0.0413. The van der Waals surface area contributed by atoms with Crippen molar-refractivity contribution in [1.29, 1.82) is 10.5 Å². The third-order valence-corrected chi connectivity index (χ3v) is 14.2. The third kappa shape index (κ3) is 10.6. The lowest BCUT2D eigenvalue weighted by molar-refractivity contribution is 0.0966. The predicted molar refractivity (Wildman–Crippen MR) is 278 cm³/mol. The molecule has 2 fully saturated rings. The third-order valence-electron chi connectivity index (χ3n) is 14.2. The fourth-order valence-electron chi connectivity index (χ4n) is 10.2. The molecule has 2 aromatic heterocycles. The van der Waals surface area contributed by atoms with Crippen LogP contribution >= 0.6 is 0 Å². The van der Waals surface area contributed by atoms with Crippen LogP contribution in [0.5, 0.6) is 23.0 Å². The van der Waals surface area contributed by atoms with Gasteiger partial charge < -0.3 is 28.7 Å². The van der Waals surface area contributed by atoms with Crippen molar-refractivity contribution in [1.82, 2.24) is 19.8 Å². The highest BCUT2D eigenvalue weighted by atomic mass is 16.6. The molecule has 0 bridgehead atoms. The molecule has 0 spiro atoms. The number of amides is 2. The number of benzene rings is 4. The molecule has 2 amide bonds. The normalized spacial score (nSPS) is 16.4. The first-order chi connectivity index (χ1) is 35.8. The van der Waals surface area contributed by atoms with Crippen LogP contribution in [0, 0.1) is 22.7 Å². The lowest BCUT2D eigenvalue weighted by Gasteiger charge is -2.41. The second kappa shape index (κ2) is 22.1. The maximum absolute atomic E-state index is 13.9. The summed E-state index contributed by atoms with van der Waals surface area (Å²) in [5, 5.41) is 18.6. The quantitative estimate of drug-likeness (QED) is 0.109. The van der Waals surface area contributed by atoms with Gasteiger partial charge in [-0.05, 0) is 98.8 Å². The molecule has 0 radical (unpaired) electrons. The van der Waals surface area contributed by atoms with Crippen molar-refractivity contribution in [3.63, 3.8) is 0 Å². The number of hydrogen-bond acceptors (Lipinski definition) is 14. The van der Waals surface area contributed by atoms with Crippen molar-refractivity contribution in [3.8, 4) is 35.1 Å². The van der Waals surface area contributed by atoms with Crippen molar-refractivity contribution < 1.29 is 28.5 Å². The van der Waals surface area contributed by atoms with Gasteiger partial charge in [0.15, 0.2) is 23.0 Å². The van der Waals surface area contributed by atoms with E-state index in [1.165, 1.54) is 0 Å². The van der Waals surface area contributed by atoms with Gasteiger partial charge in [0, 0.05) is 119 Å². The number of pyridine rings is 2. The average Bonchev–Trinajstić information content (AvgIpc) is 3.46. The van der Waals surface area contributed by atoms with Gasteiger partial charge in [0.05, 0.1) is 34.6 Å². The Kier molecular flexibility index (Phi) is 14.6. The van der Waals surface area contributed by atoms with Crippen molar-refractivity contribution in [2.24, 2.45) is 0 Å².